The number of likely N-dealkylation sites (tertiary alicyclic amines) is 1. The predicted octanol–water partition coefficient (Wildman–Crippen LogP) is 2.43. The minimum absolute atomic E-state index is 0.0659. The van der Waals surface area contributed by atoms with Crippen LogP contribution in [0.1, 0.15) is 34.8 Å². The van der Waals surface area contributed by atoms with Gasteiger partial charge in [0.25, 0.3) is 5.91 Å². The molecular formula is C19H20N2O3. The summed E-state index contributed by atoms with van der Waals surface area (Å²) < 4.78 is 7.60. The Morgan fingerprint density at radius 2 is 1.75 bits per heavy atom. The van der Waals surface area contributed by atoms with Gasteiger partial charge in [-0.2, -0.15) is 0 Å². The number of carbonyl (C=O) groups excluding carboxylic acids is 2. The van der Waals surface area contributed by atoms with E-state index in [4.69, 9.17) is 4.74 Å². The molecule has 0 unspecified atom stereocenters. The average Bonchev–Trinajstić information content (AvgIpc) is 3.16. The molecule has 3 heterocycles. The molecule has 1 fully saturated rings. The Morgan fingerprint density at radius 1 is 1.04 bits per heavy atom. The van der Waals surface area contributed by atoms with Gasteiger partial charge in [-0.25, -0.2) is 4.79 Å². The van der Waals surface area contributed by atoms with Crippen molar-refractivity contribution in [2.45, 2.75) is 31.4 Å². The van der Waals surface area contributed by atoms with Crippen LogP contribution in [0.3, 0.4) is 0 Å². The number of cyclic esters (lactones) is 1. The number of fused-ring (bicyclic) bond motifs is 1. The molecule has 1 amide bonds. The Kier molecular flexibility index (Phi) is 3.84. The molecule has 1 aromatic heterocycles. The lowest BCUT2D eigenvalue weighted by atomic mass is 9.97. The van der Waals surface area contributed by atoms with Gasteiger partial charge in [0, 0.05) is 37.9 Å². The summed E-state index contributed by atoms with van der Waals surface area (Å²) in [6.07, 6.45) is 5.79. The highest BCUT2D eigenvalue weighted by atomic mass is 16.5. The third-order valence-corrected chi connectivity index (χ3v) is 4.99. The van der Waals surface area contributed by atoms with E-state index >= 15 is 0 Å². The first-order valence-electron chi connectivity index (χ1n) is 8.42. The normalized spacial score (nSPS) is 21.2. The lowest BCUT2D eigenvalue weighted by molar-refractivity contribution is -0.142. The molecular weight excluding hydrogens is 304 g/mol. The van der Waals surface area contributed by atoms with Crippen molar-refractivity contribution in [1.82, 2.24) is 9.47 Å². The molecule has 24 heavy (non-hydrogen) atoms. The Bertz CT molecular complexity index is 746. The highest BCUT2D eigenvalue weighted by Gasteiger charge is 2.35. The summed E-state index contributed by atoms with van der Waals surface area (Å²) in [4.78, 5) is 26.7. The van der Waals surface area contributed by atoms with Crippen LogP contribution in [0.15, 0.2) is 48.8 Å². The van der Waals surface area contributed by atoms with E-state index in [2.05, 4.69) is 17.0 Å². The van der Waals surface area contributed by atoms with E-state index in [1.807, 2.05) is 35.2 Å². The van der Waals surface area contributed by atoms with Gasteiger partial charge in [0.1, 0.15) is 0 Å². The second kappa shape index (κ2) is 6.15. The number of hydrogen-bond acceptors (Lipinski definition) is 3. The van der Waals surface area contributed by atoms with Gasteiger partial charge >= 0.3 is 5.97 Å². The quantitative estimate of drug-likeness (QED) is 0.797. The van der Waals surface area contributed by atoms with Gasteiger partial charge in [-0.15, -0.1) is 0 Å². The number of piperidine rings is 1. The molecule has 124 valence electrons. The van der Waals surface area contributed by atoms with Crippen LogP contribution >= 0.6 is 0 Å². The number of amides is 1. The Balaban J connectivity index is 1.41. The van der Waals surface area contributed by atoms with Crippen LogP contribution in [0.25, 0.3) is 0 Å². The third-order valence-electron chi connectivity index (χ3n) is 4.99. The van der Waals surface area contributed by atoms with E-state index in [1.54, 1.807) is 6.07 Å². The summed E-state index contributed by atoms with van der Waals surface area (Å²) in [5.41, 5.74) is 1.47. The fourth-order valence-electron chi connectivity index (χ4n) is 3.65. The fourth-order valence-corrected chi connectivity index (χ4v) is 3.65. The molecule has 5 nitrogen and oxygen atoms in total. The van der Waals surface area contributed by atoms with Crippen molar-refractivity contribution in [2.75, 3.05) is 13.1 Å². The van der Waals surface area contributed by atoms with Gasteiger partial charge in [-0.1, -0.05) is 18.2 Å². The maximum absolute atomic E-state index is 12.7. The zero-order valence-electron chi connectivity index (χ0n) is 13.4. The first kappa shape index (κ1) is 15.0. The molecule has 0 saturated carbocycles. The van der Waals surface area contributed by atoms with Gasteiger partial charge in [-0.05, 0) is 36.6 Å². The minimum atomic E-state index is -0.685. The molecule has 0 bridgehead atoms. The molecule has 0 aliphatic carbocycles. The van der Waals surface area contributed by atoms with E-state index in [0.29, 0.717) is 31.1 Å². The van der Waals surface area contributed by atoms with Gasteiger partial charge in [-0.3, -0.25) is 4.79 Å². The fraction of sp³-hybridized carbons (Fsp3) is 0.368. The van der Waals surface area contributed by atoms with Crippen molar-refractivity contribution in [3.63, 3.8) is 0 Å². The van der Waals surface area contributed by atoms with Gasteiger partial charge in [0.05, 0.1) is 5.56 Å². The topological polar surface area (TPSA) is 51.5 Å². The van der Waals surface area contributed by atoms with Crippen molar-refractivity contribution in [3.8, 4) is 0 Å². The molecule has 0 radical (unpaired) electrons. The van der Waals surface area contributed by atoms with E-state index in [0.717, 1.165) is 18.4 Å². The van der Waals surface area contributed by atoms with Crippen LogP contribution in [0.4, 0.5) is 0 Å². The van der Waals surface area contributed by atoms with Gasteiger partial charge < -0.3 is 14.2 Å². The molecule has 2 aliphatic heterocycles. The number of benzene rings is 1. The summed E-state index contributed by atoms with van der Waals surface area (Å²) in [6, 6.07) is 11.8. The van der Waals surface area contributed by atoms with E-state index < -0.39 is 12.1 Å². The van der Waals surface area contributed by atoms with Crippen molar-refractivity contribution in [2.24, 2.45) is 0 Å². The maximum Gasteiger partial charge on any atom is 0.339 e. The SMILES string of the molecule is O=C1O[C@@H](C(=O)N2CCC(n3cccc3)CC2)Cc2ccccc21. The van der Waals surface area contributed by atoms with Gasteiger partial charge in [0.15, 0.2) is 6.10 Å². The highest BCUT2D eigenvalue weighted by Crippen LogP contribution is 2.26. The van der Waals surface area contributed by atoms with Crippen LogP contribution in [0, 0.1) is 0 Å². The smallest absolute Gasteiger partial charge is 0.339 e. The summed E-state index contributed by atoms with van der Waals surface area (Å²) in [7, 11) is 0. The lowest BCUT2D eigenvalue weighted by Crippen LogP contribution is -2.47. The molecule has 0 N–H and O–H groups in total. The number of aromatic nitrogens is 1. The predicted molar refractivity (Wildman–Crippen MR) is 88.6 cm³/mol. The number of ether oxygens (including phenoxy) is 1. The van der Waals surface area contributed by atoms with Gasteiger partial charge in [0.2, 0.25) is 0 Å². The second-order valence-corrected chi connectivity index (χ2v) is 6.44. The molecule has 2 aliphatic rings. The molecule has 4 rings (SSSR count). The second-order valence-electron chi connectivity index (χ2n) is 6.44. The van der Waals surface area contributed by atoms with E-state index in [9.17, 15) is 9.59 Å². The molecule has 5 heteroatoms. The van der Waals surface area contributed by atoms with Crippen LogP contribution in [0.5, 0.6) is 0 Å². The number of carbonyl (C=O) groups is 2. The van der Waals surface area contributed by atoms with Crippen LogP contribution in [0.2, 0.25) is 0 Å². The lowest BCUT2D eigenvalue weighted by Gasteiger charge is -2.35. The molecule has 1 atom stereocenters. The average molecular weight is 324 g/mol. The first-order valence-corrected chi connectivity index (χ1v) is 8.42. The van der Waals surface area contributed by atoms with Crippen LogP contribution in [-0.4, -0.2) is 40.5 Å². The summed E-state index contributed by atoms with van der Waals surface area (Å²) in [6.45, 7) is 1.41. The summed E-state index contributed by atoms with van der Waals surface area (Å²) >= 11 is 0. The Morgan fingerprint density at radius 3 is 2.50 bits per heavy atom. The van der Waals surface area contributed by atoms with Crippen molar-refractivity contribution in [3.05, 3.63) is 59.9 Å². The maximum atomic E-state index is 12.7. The zero-order chi connectivity index (χ0) is 16.5. The van der Waals surface area contributed by atoms with E-state index in [-0.39, 0.29) is 5.91 Å². The van der Waals surface area contributed by atoms with Crippen LogP contribution < -0.4 is 0 Å². The Hall–Kier alpha value is -2.56. The number of rotatable bonds is 2. The van der Waals surface area contributed by atoms with Crippen molar-refractivity contribution in [1.29, 1.82) is 0 Å². The van der Waals surface area contributed by atoms with Crippen LogP contribution in [-0.2, 0) is 16.0 Å². The largest absolute Gasteiger partial charge is 0.448 e. The van der Waals surface area contributed by atoms with Crippen molar-refractivity contribution < 1.29 is 14.3 Å². The Labute approximate surface area is 140 Å². The molecule has 0 spiro atoms. The van der Waals surface area contributed by atoms with Crippen molar-refractivity contribution >= 4 is 11.9 Å². The highest BCUT2D eigenvalue weighted by molar-refractivity contribution is 5.95. The number of nitrogens with zero attached hydrogens (tertiary/aromatic N) is 2. The minimum Gasteiger partial charge on any atom is -0.448 e. The molecule has 2 aromatic rings. The monoisotopic (exact) mass is 324 g/mol. The molecule has 1 saturated heterocycles. The van der Waals surface area contributed by atoms with E-state index in [1.165, 1.54) is 0 Å². The standard InChI is InChI=1S/C19H20N2O3/c22-18(17-13-14-5-1-2-6-16(14)19(23)24-17)21-11-7-15(8-12-21)20-9-3-4-10-20/h1-6,9-10,15,17H,7-8,11-13H2/t17-/m1/s1. The summed E-state index contributed by atoms with van der Waals surface area (Å²) in [5, 5.41) is 0. The number of hydrogen-bond donors (Lipinski definition) is 0. The summed E-state index contributed by atoms with van der Waals surface area (Å²) in [5.74, 6) is -0.457. The number of esters is 1. The third kappa shape index (κ3) is 2.70. The first-order chi connectivity index (χ1) is 11.7. The molecule has 1 aromatic carbocycles. The zero-order valence-corrected chi connectivity index (χ0v) is 13.4.